The van der Waals surface area contributed by atoms with Gasteiger partial charge in [-0.15, -0.1) is 11.8 Å². The molecule has 0 spiro atoms. The van der Waals surface area contributed by atoms with E-state index in [-0.39, 0.29) is 12.7 Å². The summed E-state index contributed by atoms with van der Waals surface area (Å²) < 4.78 is 10.6. The average molecular weight is 336 g/mol. The summed E-state index contributed by atoms with van der Waals surface area (Å²) in [6, 6.07) is 13.0. The van der Waals surface area contributed by atoms with Crippen LogP contribution in [-0.4, -0.2) is 18.5 Å². The molecule has 3 rings (SSSR count). The Bertz CT molecular complexity index is 693. The molecule has 0 atom stereocenters. The fourth-order valence-corrected chi connectivity index (χ4v) is 3.00. The summed E-state index contributed by atoms with van der Waals surface area (Å²) in [4.78, 5) is 11.9. The predicted molar refractivity (Wildman–Crippen MR) is 88.8 cm³/mol. The molecule has 2 aromatic carbocycles. The van der Waals surface area contributed by atoms with Gasteiger partial charge >= 0.3 is 0 Å². The largest absolute Gasteiger partial charge is 0.454 e. The van der Waals surface area contributed by atoms with Gasteiger partial charge in [-0.3, -0.25) is 4.79 Å². The Labute approximate surface area is 137 Å². The number of fused-ring (bicyclic) bond motifs is 1. The molecule has 1 aliphatic rings. The number of para-hydroxylation sites is 1. The van der Waals surface area contributed by atoms with E-state index in [0.717, 1.165) is 22.8 Å². The van der Waals surface area contributed by atoms with Crippen molar-refractivity contribution in [2.24, 2.45) is 0 Å². The number of nitrogens with one attached hydrogen (secondary N) is 1. The van der Waals surface area contributed by atoms with Gasteiger partial charge in [-0.1, -0.05) is 29.8 Å². The van der Waals surface area contributed by atoms with Gasteiger partial charge in [-0.05, 0) is 29.8 Å². The smallest absolute Gasteiger partial charge is 0.234 e. The van der Waals surface area contributed by atoms with Gasteiger partial charge in [0, 0.05) is 5.75 Å². The van der Waals surface area contributed by atoms with Crippen LogP contribution in [0.3, 0.4) is 0 Å². The van der Waals surface area contributed by atoms with Crippen LogP contribution in [0.4, 0.5) is 5.69 Å². The number of halogens is 1. The molecule has 0 saturated heterocycles. The second kappa shape index (κ2) is 6.94. The third kappa shape index (κ3) is 3.67. The van der Waals surface area contributed by atoms with Gasteiger partial charge < -0.3 is 14.8 Å². The molecule has 6 heteroatoms. The predicted octanol–water partition coefficient (Wildman–Crippen LogP) is 3.94. The molecule has 0 bridgehead atoms. The van der Waals surface area contributed by atoms with Gasteiger partial charge in [0.2, 0.25) is 12.7 Å². The van der Waals surface area contributed by atoms with Gasteiger partial charge in [0.05, 0.1) is 16.5 Å². The zero-order valence-electron chi connectivity index (χ0n) is 11.7. The van der Waals surface area contributed by atoms with Crippen LogP contribution >= 0.6 is 23.4 Å². The van der Waals surface area contributed by atoms with E-state index in [1.807, 2.05) is 30.3 Å². The second-order valence-corrected chi connectivity index (χ2v) is 6.10. The van der Waals surface area contributed by atoms with Crippen molar-refractivity contribution >= 4 is 35.0 Å². The van der Waals surface area contributed by atoms with Crippen LogP contribution in [0.2, 0.25) is 5.02 Å². The van der Waals surface area contributed by atoms with Gasteiger partial charge in [0.25, 0.3) is 0 Å². The van der Waals surface area contributed by atoms with Gasteiger partial charge in [0.1, 0.15) is 0 Å². The van der Waals surface area contributed by atoms with Crippen LogP contribution < -0.4 is 14.8 Å². The number of carbonyl (C=O) groups is 1. The minimum Gasteiger partial charge on any atom is -0.454 e. The lowest BCUT2D eigenvalue weighted by molar-refractivity contribution is -0.113. The van der Waals surface area contributed by atoms with Crippen LogP contribution in [0.25, 0.3) is 0 Å². The van der Waals surface area contributed by atoms with Crippen molar-refractivity contribution in [3.05, 3.63) is 53.1 Å². The molecule has 1 N–H and O–H groups in total. The summed E-state index contributed by atoms with van der Waals surface area (Å²) in [6.07, 6.45) is 0. The summed E-state index contributed by atoms with van der Waals surface area (Å²) >= 11 is 7.54. The molecular formula is C16H14ClNO3S. The van der Waals surface area contributed by atoms with Crippen molar-refractivity contribution in [1.82, 2.24) is 0 Å². The molecule has 1 heterocycles. The molecule has 0 fully saturated rings. The van der Waals surface area contributed by atoms with Gasteiger partial charge in [-0.25, -0.2) is 0 Å². The fourth-order valence-electron chi connectivity index (χ4n) is 2.04. The average Bonchev–Trinajstić information content (AvgIpc) is 2.97. The number of benzene rings is 2. The molecule has 1 aliphatic heterocycles. The van der Waals surface area contributed by atoms with Gasteiger partial charge in [-0.2, -0.15) is 0 Å². The number of amides is 1. The van der Waals surface area contributed by atoms with E-state index in [2.05, 4.69) is 5.32 Å². The number of hydrogen-bond donors (Lipinski definition) is 1. The molecule has 0 aliphatic carbocycles. The number of ether oxygens (including phenoxy) is 2. The molecule has 4 nitrogen and oxygen atoms in total. The summed E-state index contributed by atoms with van der Waals surface area (Å²) in [5, 5.41) is 3.34. The van der Waals surface area contributed by atoms with Crippen LogP contribution in [0.5, 0.6) is 11.5 Å². The first-order valence-electron chi connectivity index (χ1n) is 6.73. The number of rotatable bonds is 5. The van der Waals surface area contributed by atoms with E-state index >= 15 is 0 Å². The van der Waals surface area contributed by atoms with E-state index < -0.39 is 0 Å². The Morgan fingerprint density at radius 1 is 1.18 bits per heavy atom. The minimum absolute atomic E-state index is 0.0705. The highest BCUT2D eigenvalue weighted by Crippen LogP contribution is 2.33. The van der Waals surface area contributed by atoms with Crippen LogP contribution in [-0.2, 0) is 10.5 Å². The molecule has 114 valence electrons. The molecule has 0 unspecified atom stereocenters. The zero-order valence-corrected chi connectivity index (χ0v) is 13.2. The lowest BCUT2D eigenvalue weighted by atomic mass is 10.2. The Kier molecular flexibility index (Phi) is 4.75. The zero-order chi connectivity index (χ0) is 15.4. The monoisotopic (exact) mass is 335 g/mol. The van der Waals surface area contributed by atoms with Crippen molar-refractivity contribution in [1.29, 1.82) is 0 Å². The van der Waals surface area contributed by atoms with Crippen LogP contribution in [0, 0.1) is 0 Å². The summed E-state index contributed by atoms with van der Waals surface area (Å²) in [7, 11) is 0. The van der Waals surface area contributed by atoms with Crippen LogP contribution in [0.15, 0.2) is 42.5 Å². The minimum atomic E-state index is -0.0705. The first kappa shape index (κ1) is 15.1. The summed E-state index contributed by atoms with van der Waals surface area (Å²) in [6.45, 7) is 0.270. The summed E-state index contributed by atoms with van der Waals surface area (Å²) in [5.41, 5.74) is 1.73. The Morgan fingerprint density at radius 3 is 2.86 bits per heavy atom. The van der Waals surface area contributed by atoms with Gasteiger partial charge in [0.15, 0.2) is 11.5 Å². The van der Waals surface area contributed by atoms with E-state index in [1.54, 1.807) is 12.1 Å². The molecule has 0 saturated carbocycles. The van der Waals surface area contributed by atoms with E-state index in [0.29, 0.717) is 16.5 Å². The van der Waals surface area contributed by atoms with Crippen molar-refractivity contribution in [2.75, 3.05) is 17.9 Å². The summed E-state index contributed by atoms with van der Waals surface area (Å²) in [5.74, 6) is 2.55. The first-order chi connectivity index (χ1) is 10.7. The normalized spacial score (nSPS) is 12.2. The molecule has 22 heavy (non-hydrogen) atoms. The fraction of sp³-hybridized carbons (Fsp3) is 0.188. The highest BCUT2D eigenvalue weighted by Gasteiger charge is 2.13. The number of anilines is 1. The van der Waals surface area contributed by atoms with Crippen LogP contribution in [0.1, 0.15) is 5.56 Å². The van der Waals surface area contributed by atoms with Crippen molar-refractivity contribution < 1.29 is 14.3 Å². The number of thioether (sulfide) groups is 1. The number of carbonyl (C=O) groups excluding carboxylic acids is 1. The second-order valence-electron chi connectivity index (χ2n) is 4.71. The Balaban J connectivity index is 1.49. The topological polar surface area (TPSA) is 47.6 Å². The lowest BCUT2D eigenvalue weighted by Gasteiger charge is -2.07. The molecule has 0 aromatic heterocycles. The SMILES string of the molecule is O=C(CSCc1ccc2c(c1)OCO2)Nc1ccccc1Cl. The maximum atomic E-state index is 11.9. The van der Waals surface area contributed by atoms with E-state index in [1.165, 1.54) is 11.8 Å². The third-order valence-electron chi connectivity index (χ3n) is 3.09. The molecular weight excluding hydrogens is 322 g/mol. The maximum Gasteiger partial charge on any atom is 0.234 e. The highest BCUT2D eigenvalue weighted by atomic mass is 35.5. The first-order valence-corrected chi connectivity index (χ1v) is 8.26. The molecule has 0 radical (unpaired) electrons. The van der Waals surface area contributed by atoms with Crippen molar-refractivity contribution in [2.45, 2.75) is 5.75 Å². The maximum absolute atomic E-state index is 11.9. The van der Waals surface area contributed by atoms with Crippen molar-refractivity contribution in [3.8, 4) is 11.5 Å². The molecule has 2 aromatic rings. The van der Waals surface area contributed by atoms with Crippen molar-refractivity contribution in [3.63, 3.8) is 0 Å². The number of hydrogen-bond acceptors (Lipinski definition) is 4. The highest BCUT2D eigenvalue weighted by molar-refractivity contribution is 7.99. The quantitative estimate of drug-likeness (QED) is 0.899. The van der Waals surface area contributed by atoms with E-state index in [4.69, 9.17) is 21.1 Å². The lowest BCUT2D eigenvalue weighted by Crippen LogP contribution is -2.14. The Hall–Kier alpha value is -1.85. The standard InChI is InChI=1S/C16H14ClNO3S/c17-12-3-1-2-4-13(12)18-16(19)9-22-8-11-5-6-14-15(7-11)21-10-20-14/h1-7H,8-10H2,(H,18,19). The third-order valence-corrected chi connectivity index (χ3v) is 4.42. The molecule has 1 amide bonds. The Morgan fingerprint density at radius 2 is 2.00 bits per heavy atom. The van der Waals surface area contributed by atoms with E-state index in [9.17, 15) is 4.79 Å².